The van der Waals surface area contributed by atoms with E-state index in [9.17, 15) is 14.3 Å². The minimum atomic E-state index is -1.01. The normalized spacial score (nSPS) is 15.2. The number of hydrogen-bond acceptors (Lipinski definition) is 3. The molecule has 0 fully saturated rings. The summed E-state index contributed by atoms with van der Waals surface area (Å²) in [5, 5.41) is 13.3. The van der Waals surface area contributed by atoms with E-state index in [0.717, 1.165) is 0 Å². The number of carbonyl (C=O) groups is 1. The van der Waals surface area contributed by atoms with Crippen LogP contribution in [0, 0.1) is 11.7 Å². The molecule has 0 aliphatic carbocycles. The molecular formula is C15H23FN2O2. The topological polar surface area (TPSA) is 75.3 Å². The zero-order valence-corrected chi connectivity index (χ0v) is 12.4. The summed E-state index contributed by atoms with van der Waals surface area (Å²) in [5.74, 6) is -0.844. The van der Waals surface area contributed by atoms with Crippen molar-refractivity contribution in [1.82, 2.24) is 5.32 Å². The van der Waals surface area contributed by atoms with Gasteiger partial charge in [-0.1, -0.05) is 26.0 Å². The Bertz CT molecular complexity index is 452. The lowest BCUT2D eigenvalue weighted by Crippen LogP contribution is -2.53. The van der Waals surface area contributed by atoms with Gasteiger partial charge in [0.2, 0.25) is 5.91 Å². The Morgan fingerprint density at radius 3 is 2.15 bits per heavy atom. The molecule has 0 spiro atoms. The number of nitrogens with one attached hydrogen (secondary N) is 1. The Balaban J connectivity index is 3.03. The summed E-state index contributed by atoms with van der Waals surface area (Å²) in [6.07, 6.45) is 0. The number of rotatable bonds is 6. The summed E-state index contributed by atoms with van der Waals surface area (Å²) in [6.45, 7) is 7.23. The third-order valence-electron chi connectivity index (χ3n) is 3.26. The molecule has 2 atom stereocenters. The molecule has 5 heteroatoms. The minimum absolute atomic E-state index is 0.0947. The molecular weight excluding hydrogens is 259 g/mol. The maximum Gasteiger partial charge on any atom is 0.239 e. The molecule has 112 valence electrons. The summed E-state index contributed by atoms with van der Waals surface area (Å²) in [5.41, 5.74) is 4.99. The predicted octanol–water partition coefficient (Wildman–Crippen LogP) is 1.74. The van der Waals surface area contributed by atoms with Crippen molar-refractivity contribution in [2.24, 2.45) is 11.7 Å². The number of halogens is 1. The van der Waals surface area contributed by atoms with Crippen LogP contribution in [-0.4, -0.2) is 22.7 Å². The van der Waals surface area contributed by atoms with Crippen LogP contribution in [0.1, 0.15) is 39.3 Å². The molecule has 0 unspecified atom stereocenters. The van der Waals surface area contributed by atoms with Gasteiger partial charge in [-0.2, -0.15) is 0 Å². The molecule has 4 nitrogen and oxygen atoms in total. The smallest absolute Gasteiger partial charge is 0.239 e. The first-order chi connectivity index (χ1) is 9.12. The summed E-state index contributed by atoms with van der Waals surface area (Å²) in [7, 11) is 0. The van der Waals surface area contributed by atoms with E-state index in [0.29, 0.717) is 5.56 Å². The predicted molar refractivity (Wildman–Crippen MR) is 76.4 cm³/mol. The average molecular weight is 282 g/mol. The Morgan fingerprint density at radius 1 is 1.30 bits per heavy atom. The Labute approximate surface area is 119 Å². The molecule has 0 aliphatic rings. The van der Waals surface area contributed by atoms with Crippen molar-refractivity contribution >= 4 is 5.91 Å². The first-order valence-electron chi connectivity index (χ1n) is 6.66. The molecule has 1 rings (SSSR count). The van der Waals surface area contributed by atoms with Gasteiger partial charge < -0.3 is 10.8 Å². The lowest BCUT2D eigenvalue weighted by Gasteiger charge is -2.36. The third kappa shape index (κ3) is 4.28. The number of benzene rings is 1. The molecule has 1 amide bonds. The van der Waals surface area contributed by atoms with Gasteiger partial charge in [-0.25, -0.2) is 4.39 Å². The molecule has 4 N–H and O–H groups in total. The van der Waals surface area contributed by atoms with Gasteiger partial charge in [-0.05, 0) is 37.5 Å². The van der Waals surface area contributed by atoms with Gasteiger partial charge >= 0.3 is 0 Å². The zero-order chi connectivity index (χ0) is 15.5. The number of primary amides is 1. The highest BCUT2D eigenvalue weighted by atomic mass is 19.1. The van der Waals surface area contributed by atoms with Gasteiger partial charge in [0.25, 0.3) is 0 Å². The fourth-order valence-electron chi connectivity index (χ4n) is 2.39. The van der Waals surface area contributed by atoms with Crippen molar-refractivity contribution in [3.05, 3.63) is 35.6 Å². The fourth-order valence-corrected chi connectivity index (χ4v) is 2.39. The lowest BCUT2D eigenvalue weighted by molar-refractivity contribution is -0.121. The first kappa shape index (κ1) is 16.6. The van der Waals surface area contributed by atoms with Gasteiger partial charge in [-0.3, -0.25) is 10.1 Å². The molecule has 0 aliphatic heterocycles. The van der Waals surface area contributed by atoms with Crippen LogP contribution in [-0.2, 0) is 4.79 Å². The van der Waals surface area contributed by atoms with E-state index in [1.807, 2.05) is 13.8 Å². The van der Waals surface area contributed by atoms with Crippen LogP contribution >= 0.6 is 0 Å². The minimum Gasteiger partial charge on any atom is -0.389 e. The van der Waals surface area contributed by atoms with E-state index < -0.39 is 17.6 Å². The van der Waals surface area contributed by atoms with Crippen LogP contribution in [0.4, 0.5) is 4.39 Å². The molecule has 1 aromatic carbocycles. The molecule has 0 saturated heterocycles. The molecule has 0 heterocycles. The van der Waals surface area contributed by atoms with Crippen molar-refractivity contribution in [3.63, 3.8) is 0 Å². The summed E-state index contributed by atoms with van der Waals surface area (Å²) in [6, 6.07) is 4.49. The van der Waals surface area contributed by atoms with E-state index in [2.05, 4.69) is 5.32 Å². The molecule has 1 aromatic rings. The summed E-state index contributed by atoms with van der Waals surface area (Å²) >= 11 is 0. The number of nitrogens with two attached hydrogens (primary N) is 1. The van der Waals surface area contributed by atoms with Crippen LogP contribution in [0.15, 0.2) is 24.3 Å². The van der Waals surface area contributed by atoms with E-state index >= 15 is 0 Å². The van der Waals surface area contributed by atoms with Crippen molar-refractivity contribution in [1.29, 1.82) is 0 Å². The summed E-state index contributed by atoms with van der Waals surface area (Å²) in [4.78, 5) is 11.7. The van der Waals surface area contributed by atoms with Crippen LogP contribution in [0.3, 0.4) is 0 Å². The van der Waals surface area contributed by atoms with Gasteiger partial charge in [0.05, 0.1) is 5.60 Å². The maximum atomic E-state index is 13.0. The molecule has 0 radical (unpaired) electrons. The van der Waals surface area contributed by atoms with Crippen molar-refractivity contribution in [2.45, 2.75) is 45.4 Å². The van der Waals surface area contributed by atoms with E-state index in [1.54, 1.807) is 13.8 Å². The SMILES string of the molecule is CC(C)[C@H](N[C@@H](C(N)=O)c1ccc(F)cc1)C(C)(C)O. The van der Waals surface area contributed by atoms with Crippen molar-refractivity contribution in [2.75, 3.05) is 0 Å². The molecule has 0 saturated carbocycles. The number of amides is 1. The highest BCUT2D eigenvalue weighted by molar-refractivity contribution is 5.81. The Morgan fingerprint density at radius 2 is 1.80 bits per heavy atom. The number of hydrogen-bond donors (Lipinski definition) is 3. The monoisotopic (exact) mass is 282 g/mol. The second-order valence-corrected chi connectivity index (χ2v) is 5.93. The van der Waals surface area contributed by atoms with Crippen LogP contribution in [0.25, 0.3) is 0 Å². The van der Waals surface area contributed by atoms with Gasteiger partial charge in [0, 0.05) is 6.04 Å². The van der Waals surface area contributed by atoms with E-state index in [-0.39, 0.29) is 17.8 Å². The van der Waals surface area contributed by atoms with Gasteiger partial charge in [0.1, 0.15) is 11.9 Å². The largest absolute Gasteiger partial charge is 0.389 e. The average Bonchev–Trinajstić information content (AvgIpc) is 2.29. The third-order valence-corrected chi connectivity index (χ3v) is 3.26. The van der Waals surface area contributed by atoms with Crippen LogP contribution in [0.2, 0.25) is 0 Å². The van der Waals surface area contributed by atoms with Crippen molar-refractivity contribution in [3.8, 4) is 0 Å². The molecule has 0 aromatic heterocycles. The highest BCUT2D eigenvalue weighted by Crippen LogP contribution is 2.22. The lowest BCUT2D eigenvalue weighted by atomic mass is 9.88. The number of aliphatic hydroxyl groups is 1. The van der Waals surface area contributed by atoms with Crippen LogP contribution in [0.5, 0.6) is 0 Å². The Hall–Kier alpha value is -1.46. The van der Waals surface area contributed by atoms with Gasteiger partial charge in [-0.15, -0.1) is 0 Å². The maximum absolute atomic E-state index is 13.0. The molecule has 20 heavy (non-hydrogen) atoms. The molecule has 0 bridgehead atoms. The van der Waals surface area contributed by atoms with Crippen molar-refractivity contribution < 1.29 is 14.3 Å². The van der Waals surface area contributed by atoms with Gasteiger partial charge in [0.15, 0.2) is 0 Å². The van der Waals surface area contributed by atoms with E-state index in [4.69, 9.17) is 5.73 Å². The second-order valence-electron chi connectivity index (χ2n) is 5.93. The number of carbonyl (C=O) groups excluding carboxylic acids is 1. The quantitative estimate of drug-likeness (QED) is 0.744. The zero-order valence-electron chi connectivity index (χ0n) is 12.4. The van der Waals surface area contributed by atoms with Crippen LogP contribution < -0.4 is 11.1 Å². The fraction of sp³-hybridized carbons (Fsp3) is 0.533. The summed E-state index contributed by atoms with van der Waals surface area (Å²) < 4.78 is 13.0. The Kier molecular flexibility index (Phi) is 5.25. The highest BCUT2D eigenvalue weighted by Gasteiger charge is 2.33. The van der Waals surface area contributed by atoms with E-state index in [1.165, 1.54) is 24.3 Å². The first-order valence-corrected chi connectivity index (χ1v) is 6.66. The standard InChI is InChI=1S/C15H23FN2O2/c1-9(2)13(15(3,4)20)18-12(14(17)19)10-5-7-11(16)8-6-10/h5-9,12-13,18,20H,1-4H3,(H2,17,19)/t12-,13+/m1/s1. The second kappa shape index (κ2) is 6.33.